The van der Waals surface area contributed by atoms with Crippen LogP contribution in [-0.4, -0.2) is 110 Å². The number of nitrogens with one attached hydrogen (secondary N) is 1. The van der Waals surface area contributed by atoms with Crippen LogP contribution in [0.5, 0.6) is 0 Å². The molecule has 7 heteroatoms. The summed E-state index contributed by atoms with van der Waals surface area (Å²) < 4.78 is 0. The van der Waals surface area contributed by atoms with Gasteiger partial charge in [0.05, 0.1) is 0 Å². The Morgan fingerprint density at radius 1 is 0.939 bits per heavy atom. The molecule has 33 heavy (non-hydrogen) atoms. The van der Waals surface area contributed by atoms with Gasteiger partial charge in [-0.3, -0.25) is 9.59 Å². The van der Waals surface area contributed by atoms with Gasteiger partial charge in [-0.25, -0.2) is 0 Å². The van der Waals surface area contributed by atoms with Crippen LogP contribution in [0.15, 0.2) is 24.3 Å². The highest BCUT2D eigenvalue weighted by Gasteiger charge is 2.22. The van der Waals surface area contributed by atoms with E-state index in [9.17, 15) is 9.59 Å². The van der Waals surface area contributed by atoms with E-state index in [4.69, 9.17) is 0 Å². The van der Waals surface area contributed by atoms with Gasteiger partial charge < -0.3 is 24.9 Å². The van der Waals surface area contributed by atoms with Crippen molar-refractivity contribution in [1.29, 1.82) is 0 Å². The third-order valence-corrected chi connectivity index (χ3v) is 6.85. The van der Waals surface area contributed by atoms with E-state index in [0.29, 0.717) is 25.1 Å². The summed E-state index contributed by atoms with van der Waals surface area (Å²) in [5, 5.41) is 3.28. The molecule has 2 amide bonds. The van der Waals surface area contributed by atoms with Crippen molar-refractivity contribution in [1.82, 2.24) is 24.9 Å². The van der Waals surface area contributed by atoms with E-state index in [-0.39, 0.29) is 17.2 Å². The SMILES string of the molecule is CN1CCN(CCCN(CCC(=O)N2CCNCC2)C(=O)c2ccc(C(C)(C)C)cc2)CC1. The molecule has 0 unspecified atom stereocenters. The number of carbonyl (C=O) groups excluding carboxylic acids is 2. The predicted octanol–water partition coefficient (Wildman–Crippen LogP) is 1.89. The number of hydrogen-bond acceptors (Lipinski definition) is 5. The maximum atomic E-state index is 13.4. The second kappa shape index (κ2) is 12.0. The molecular formula is C26H43N5O2. The van der Waals surface area contributed by atoms with Crippen molar-refractivity contribution in [2.45, 2.75) is 39.0 Å². The van der Waals surface area contributed by atoms with Crippen molar-refractivity contribution in [3.05, 3.63) is 35.4 Å². The molecule has 0 aromatic heterocycles. The molecule has 0 aliphatic carbocycles. The molecule has 2 saturated heterocycles. The summed E-state index contributed by atoms with van der Waals surface area (Å²) in [7, 11) is 2.16. The van der Waals surface area contributed by atoms with E-state index in [1.807, 2.05) is 21.9 Å². The summed E-state index contributed by atoms with van der Waals surface area (Å²) >= 11 is 0. The monoisotopic (exact) mass is 457 g/mol. The van der Waals surface area contributed by atoms with Crippen LogP contribution in [0, 0.1) is 0 Å². The normalized spacial score (nSPS) is 18.4. The van der Waals surface area contributed by atoms with Gasteiger partial charge in [-0.05, 0) is 43.1 Å². The standard InChI is InChI=1S/C26H43N5O2/c1-26(2,3)23-8-6-22(7-9-23)25(33)31(14-5-13-29-20-18-28(4)19-21-29)15-10-24(32)30-16-11-27-12-17-30/h6-9,27H,5,10-21H2,1-4H3. The number of hydrogen-bond donors (Lipinski definition) is 1. The fraction of sp³-hybridized carbons (Fsp3) is 0.692. The molecule has 7 nitrogen and oxygen atoms in total. The van der Waals surface area contributed by atoms with Crippen molar-refractivity contribution < 1.29 is 9.59 Å². The summed E-state index contributed by atoms with van der Waals surface area (Å²) in [5.74, 6) is 0.179. The van der Waals surface area contributed by atoms with Gasteiger partial charge in [-0.2, -0.15) is 0 Å². The van der Waals surface area contributed by atoms with Crippen molar-refractivity contribution in [3.63, 3.8) is 0 Å². The molecule has 0 spiro atoms. The lowest BCUT2D eigenvalue weighted by Gasteiger charge is -2.33. The second-order valence-electron chi connectivity index (χ2n) is 10.5. The molecule has 1 aromatic carbocycles. The van der Waals surface area contributed by atoms with E-state index >= 15 is 0 Å². The number of rotatable bonds is 8. The molecular weight excluding hydrogens is 414 g/mol. The van der Waals surface area contributed by atoms with Crippen LogP contribution < -0.4 is 5.32 Å². The Balaban J connectivity index is 1.60. The van der Waals surface area contributed by atoms with Gasteiger partial charge in [-0.15, -0.1) is 0 Å². The molecule has 2 aliphatic rings. The first-order chi connectivity index (χ1) is 15.7. The number of likely N-dealkylation sites (N-methyl/N-ethyl adjacent to an activating group) is 1. The van der Waals surface area contributed by atoms with Crippen LogP contribution in [0.3, 0.4) is 0 Å². The van der Waals surface area contributed by atoms with Gasteiger partial charge in [0.25, 0.3) is 5.91 Å². The number of carbonyl (C=O) groups is 2. The Hall–Kier alpha value is -1.96. The zero-order valence-electron chi connectivity index (χ0n) is 21.1. The fourth-order valence-electron chi connectivity index (χ4n) is 4.47. The number of benzene rings is 1. The Bertz CT molecular complexity index is 760. The minimum absolute atomic E-state index is 0.0296. The largest absolute Gasteiger partial charge is 0.340 e. The Labute approximate surface area is 200 Å². The van der Waals surface area contributed by atoms with Gasteiger partial charge in [0.1, 0.15) is 0 Å². The van der Waals surface area contributed by atoms with Crippen molar-refractivity contribution in [2.24, 2.45) is 0 Å². The summed E-state index contributed by atoms with van der Waals surface area (Å²) in [6.45, 7) is 16.2. The lowest BCUT2D eigenvalue weighted by Crippen LogP contribution is -2.47. The second-order valence-corrected chi connectivity index (χ2v) is 10.5. The van der Waals surface area contributed by atoms with Gasteiger partial charge in [-0.1, -0.05) is 32.9 Å². The molecule has 0 bridgehead atoms. The van der Waals surface area contributed by atoms with E-state index in [0.717, 1.165) is 65.3 Å². The lowest BCUT2D eigenvalue weighted by molar-refractivity contribution is -0.131. The first-order valence-corrected chi connectivity index (χ1v) is 12.5. The zero-order chi connectivity index (χ0) is 23.8. The summed E-state index contributed by atoms with van der Waals surface area (Å²) in [4.78, 5) is 34.8. The Morgan fingerprint density at radius 3 is 2.18 bits per heavy atom. The topological polar surface area (TPSA) is 59.1 Å². The first-order valence-electron chi connectivity index (χ1n) is 12.5. The van der Waals surface area contributed by atoms with Gasteiger partial charge >= 0.3 is 0 Å². The van der Waals surface area contributed by atoms with Crippen LogP contribution in [0.25, 0.3) is 0 Å². The minimum Gasteiger partial charge on any atom is -0.340 e. The maximum Gasteiger partial charge on any atom is 0.253 e. The molecule has 3 rings (SSSR count). The third-order valence-electron chi connectivity index (χ3n) is 6.85. The summed E-state index contributed by atoms with van der Waals surface area (Å²) in [6.07, 6.45) is 1.32. The van der Waals surface area contributed by atoms with Crippen LogP contribution in [-0.2, 0) is 10.2 Å². The maximum absolute atomic E-state index is 13.4. The molecule has 1 aromatic rings. The molecule has 0 radical (unpaired) electrons. The Kier molecular flexibility index (Phi) is 9.29. The molecule has 1 N–H and O–H groups in total. The van der Waals surface area contributed by atoms with Crippen molar-refractivity contribution in [3.8, 4) is 0 Å². The Morgan fingerprint density at radius 2 is 1.58 bits per heavy atom. The summed E-state index contributed by atoms with van der Waals surface area (Å²) in [6, 6.07) is 7.99. The average molecular weight is 458 g/mol. The average Bonchev–Trinajstić information content (AvgIpc) is 2.82. The number of amides is 2. The molecule has 2 fully saturated rings. The minimum atomic E-state index is 0.0296. The van der Waals surface area contributed by atoms with Crippen molar-refractivity contribution >= 4 is 11.8 Å². The highest BCUT2D eigenvalue weighted by molar-refractivity contribution is 5.94. The molecule has 0 atom stereocenters. The van der Waals surface area contributed by atoms with E-state index in [2.05, 4.69) is 55.1 Å². The number of nitrogens with zero attached hydrogens (tertiary/aromatic N) is 4. The molecule has 0 saturated carbocycles. The van der Waals surface area contributed by atoms with Gasteiger partial charge in [0.15, 0.2) is 0 Å². The molecule has 184 valence electrons. The quantitative estimate of drug-likeness (QED) is 0.646. The van der Waals surface area contributed by atoms with Crippen LogP contribution >= 0.6 is 0 Å². The van der Waals surface area contributed by atoms with Gasteiger partial charge in [0, 0.05) is 77.4 Å². The highest BCUT2D eigenvalue weighted by atomic mass is 16.2. The zero-order valence-corrected chi connectivity index (χ0v) is 21.1. The van der Waals surface area contributed by atoms with E-state index in [1.54, 1.807) is 0 Å². The fourth-order valence-corrected chi connectivity index (χ4v) is 4.47. The van der Waals surface area contributed by atoms with Crippen LogP contribution in [0.4, 0.5) is 0 Å². The van der Waals surface area contributed by atoms with Gasteiger partial charge in [0.2, 0.25) is 5.91 Å². The lowest BCUT2D eigenvalue weighted by atomic mass is 9.86. The highest BCUT2D eigenvalue weighted by Crippen LogP contribution is 2.22. The molecule has 2 aliphatic heterocycles. The smallest absolute Gasteiger partial charge is 0.253 e. The van der Waals surface area contributed by atoms with Crippen LogP contribution in [0.2, 0.25) is 0 Å². The first kappa shape index (κ1) is 25.7. The number of piperazine rings is 2. The van der Waals surface area contributed by atoms with E-state index < -0.39 is 0 Å². The van der Waals surface area contributed by atoms with E-state index in [1.165, 1.54) is 5.56 Å². The van der Waals surface area contributed by atoms with Crippen molar-refractivity contribution in [2.75, 3.05) is 79.0 Å². The summed E-state index contributed by atoms with van der Waals surface area (Å²) in [5.41, 5.74) is 1.98. The van der Waals surface area contributed by atoms with Crippen LogP contribution in [0.1, 0.15) is 49.5 Å². The predicted molar refractivity (Wildman–Crippen MR) is 134 cm³/mol. The third kappa shape index (κ3) is 7.80. The molecule has 2 heterocycles.